The summed E-state index contributed by atoms with van der Waals surface area (Å²) in [6.45, 7) is 3.47. The Balaban J connectivity index is 1.74. The van der Waals surface area contributed by atoms with Crippen molar-refractivity contribution >= 4 is 48.9 Å². The van der Waals surface area contributed by atoms with Crippen molar-refractivity contribution < 1.29 is 37.6 Å². The third-order valence-corrected chi connectivity index (χ3v) is 6.44. The first-order valence-corrected chi connectivity index (χ1v) is 12.4. The number of carbonyl (C=O) groups is 2. The number of phosphoric acid groups is 1. The van der Waals surface area contributed by atoms with E-state index in [1.807, 2.05) is 13.8 Å². The molecule has 0 saturated carbocycles. The summed E-state index contributed by atoms with van der Waals surface area (Å²) in [6, 6.07) is 0. The Hall–Kier alpha value is -2.22. The summed E-state index contributed by atoms with van der Waals surface area (Å²) in [4.78, 5) is 45.6. The van der Waals surface area contributed by atoms with Crippen LogP contribution in [0.25, 0.3) is 11.2 Å². The fourth-order valence-electron chi connectivity index (χ4n) is 3.76. The van der Waals surface area contributed by atoms with E-state index in [9.17, 15) is 19.0 Å². The lowest BCUT2D eigenvalue weighted by Crippen LogP contribution is -2.41. The molecule has 0 bridgehead atoms. The summed E-state index contributed by atoms with van der Waals surface area (Å²) in [5.41, 5.74) is 0.643. The summed E-state index contributed by atoms with van der Waals surface area (Å²) in [5, 5.41) is 2.72. The van der Waals surface area contributed by atoms with Crippen LogP contribution in [0, 0.1) is 4.77 Å². The Morgan fingerprint density at radius 3 is 2.85 bits per heavy atom. The predicted molar refractivity (Wildman–Crippen MR) is 116 cm³/mol. The molecule has 4 rings (SSSR count). The minimum atomic E-state index is -4.33. The number of hydrogen-bond donors (Lipinski definition) is 3. The lowest BCUT2D eigenvalue weighted by molar-refractivity contribution is -0.158. The smallest absolute Gasteiger partial charge is 0.455 e. The van der Waals surface area contributed by atoms with Gasteiger partial charge in [0.25, 0.3) is 0 Å². The van der Waals surface area contributed by atoms with Gasteiger partial charge < -0.3 is 24.7 Å². The molecule has 5 atom stereocenters. The van der Waals surface area contributed by atoms with Crippen LogP contribution >= 0.6 is 20.0 Å². The SMILES string of the molecule is CCCC(=O)Nc1ncnc2c1[nH]c(=S)n2[C@@H]1O[C@@H]2COP(=O)(O)O[C@H]2[C@H]1OC(=O)CCC. The molecule has 0 aromatic carbocycles. The van der Waals surface area contributed by atoms with Crippen molar-refractivity contribution in [1.29, 1.82) is 0 Å². The van der Waals surface area contributed by atoms with Gasteiger partial charge in [-0.1, -0.05) is 13.8 Å². The molecule has 0 spiro atoms. The number of fused-ring (bicyclic) bond motifs is 2. The van der Waals surface area contributed by atoms with Crippen molar-refractivity contribution in [3.63, 3.8) is 0 Å². The Labute approximate surface area is 193 Å². The number of nitrogens with one attached hydrogen (secondary N) is 2. The summed E-state index contributed by atoms with van der Waals surface area (Å²) >= 11 is 5.47. The summed E-state index contributed by atoms with van der Waals surface area (Å²) in [5.74, 6) is -0.505. The van der Waals surface area contributed by atoms with Crippen LogP contribution in [0.5, 0.6) is 0 Å². The first-order chi connectivity index (χ1) is 15.7. The lowest BCUT2D eigenvalue weighted by Gasteiger charge is -2.29. The molecule has 1 amide bonds. The van der Waals surface area contributed by atoms with E-state index < -0.39 is 38.3 Å². The largest absolute Gasteiger partial charge is 0.472 e. The summed E-state index contributed by atoms with van der Waals surface area (Å²) in [6.07, 6.45) is -1.05. The van der Waals surface area contributed by atoms with Gasteiger partial charge in [0.1, 0.15) is 24.1 Å². The van der Waals surface area contributed by atoms with Crippen LogP contribution in [0.3, 0.4) is 0 Å². The van der Waals surface area contributed by atoms with Gasteiger partial charge in [0.2, 0.25) is 5.91 Å². The molecule has 0 aliphatic carbocycles. The second-order valence-electron chi connectivity index (χ2n) is 7.62. The average molecular weight is 501 g/mol. The van der Waals surface area contributed by atoms with Gasteiger partial charge in [0.05, 0.1) is 6.61 Å². The second kappa shape index (κ2) is 9.57. The number of esters is 1. The zero-order chi connectivity index (χ0) is 23.8. The van der Waals surface area contributed by atoms with E-state index in [2.05, 4.69) is 20.3 Å². The molecule has 13 nitrogen and oxygen atoms in total. The number of ether oxygens (including phenoxy) is 2. The van der Waals surface area contributed by atoms with Crippen LogP contribution in [-0.2, 0) is 32.7 Å². The third kappa shape index (κ3) is 4.86. The minimum absolute atomic E-state index is 0.142. The van der Waals surface area contributed by atoms with Gasteiger partial charge in [-0.25, -0.2) is 14.5 Å². The molecule has 2 aliphatic heterocycles. The first-order valence-electron chi connectivity index (χ1n) is 10.5. The topological polar surface area (TPSA) is 167 Å². The van der Waals surface area contributed by atoms with Gasteiger partial charge in [-0.2, -0.15) is 0 Å². The number of amides is 1. The number of aromatic amines is 1. The van der Waals surface area contributed by atoms with Crippen molar-refractivity contribution in [3.05, 3.63) is 11.1 Å². The molecule has 0 radical (unpaired) electrons. The number of anilines is 1. The van der Waals surface area contributed by atoms with Crippen molar-refractivity contribution in [1.82, 2.24) is 19.5 Å². The third-order valence-electron chi connectivity index (χ3n) is 5.16. The summed E-state index contributed by atoms with van der Waals surface area (Å²) < 4.78 is 35.3. The second-order valence-corrected chi connectivity index (χ2v) is 9.42. The molecule has 2 saturated heterocycles. The number of imidazole rings is 1. The highest BCUT2D eigenvalue weighted by molar-refractivity contribution is 7.71. The van der Waals surface area contributed by atoms with E-state index in [0.717, 1.165) is 0 Å². The minimum Gasteiger partial charge on any atom is -0.455 e. The molecule has 2 aliphatic rings. The molecule has 4 heterocycles. The maximum Gasteiger partial charge on any atom is 0.472 e. The average Bonchev–Trinajstić information content (AvgIpc) is 3.25. The van der Waals surface area contributed by atoms with E-state index in [1.165, 1.54) is 10.9 Å². The van der Waals surface area contributed by atoms with E-state index in [1.54, 1.807) is 0 Å². The van der Waals surface area contributed by atoms with Crippen molar-refractivity contribution in [2.24, 2.45) is 0 Å². The highest BCUT2D eigenvalue weighted by Gasteiger charge is 2.55. The molecule has 2 aromatic rings. The van der Waals surface area contributed by atoms with Gasteiger partial charge in [-0.05, 0) is 25.1 Å². The standard InChI is InChI=1S/C18H24N5O8PS/c1-3-5-10(24)21-15-12-16(20-8-19-15)23(18(33)22-12)17-14(30-11(25)6-4-2)13-9(29-17)7-28-32(26,27)31-13/h8-9,13-14,17H,3-7H2,1-2H3,(H,22,33)(H,26,27)(H,19,20,21,24)/t9-,13-,14-,17-/m1/s1. The molecule has 180 valence electrons. The molecule has 1 unspecified atom stereocenters. The maximum absolute atomic E-state index is 12.3. The van der Waals surface area contributed by atoms with E-state index in [0.29, 0.717) is 24.8 Å². The zero-order valence-corrected chi connectivity index (χ0v) is 19.6. The Kier molecular flexibility index (Phi) is 6.93. The number of carbonyl (C=O) groups excluding carboxylic acids is 2. The van der Waals surface area contributed by atoms with Crippen LogP contribution in [0.4, 0.5) is 5.82 Å². The molecule has 33 heavy (non-hydrogen) atoms. The van der Waals surface area contributed by atoms with Crippen molar-refractivity contribution in [2.45, 2.75) is 64.1 Å². The molecule has 2 fully saturated rings. The van der Waals surface area contributed by atoms with Gasteiger partial charge in [-0.3, -0.25) is 23.2 Å². The van der Waals surface area contributed by atoms with Gasteiger partial charge >= 0.3 is 13.8 Å². The zero-order valence-electron chi connectivity index (χ0n) is 17.9. The van der Waals surface area contributed by atoms with Crippen LogP contribution in [-0.4, -0.2) is 61.2 Å². The van der Waals surface area contributed by atoms with Gasteiger partial charge in [0, 0.05) is 12.8 Å². The van der Waals surface area contributed by atoms with Crippen LogP contribution in [0.15, 0.2) is 6.33 Å². The molecule has 3 N–H and O–H groups in total. The van der Waals surface area contributed by atoms with E-state index >= 15 is 0 Å². The predicted octanol–water partition coefficient (Wildman–Crippen LogP) is 2.35. The Morgan fingerprint density at radius 2 is 2.12 bits per heavy atom. The van der Waals surface area contributed by atoms with Crippen molar-refractivity contribution in [3.8, 4) is 0 Å². The highest BCUT2D eigenvalue weighted by Crippen LogP contribution is 2.53. The van der Waals surface area contributed by atoms with Gasteiger partial charge in [-0.15, -0.1) is 0 Å². The number of aromatic nitrogens is 4. The number of rotatable bonds is 7. The van der Waals surface area contributed by atoms with Crippen LogP contribution < -0.4 is 5.32 Å². The number of H-pyrrole nitrogens is 1. The quantitative estimate of drug-likeness (QED) is 0.289. The Bertz CT molecular complexity index is 1170. The normalized spacial score (nSPS) is 29.1. The number of hydrogen-bond acceptors (Lipinski definition) is 10. The molecular formula is C18H24N5O8PS. The van der Waals surface area contributed by atoms with Crippen LogP contribution in [0.2, 0.25) is 0 Å². The highest BCUT2D eigenvalue weighted by atomic mass is 32.1. The monoisotopic (exact) mass is 501 g/mol. The Morgan fingerprint density at radius 1 is 1.36 bits per heavy atom. The van der Waals surface area contributed by atoms with E-state index in [-0.39, 0.29) is 35.2 Å². The van der Waals surface area contributed by atoms with Gasteiger partial charge in [0.15, 0.2) is 28.6 Å². The fourth-order valence-corrected chi connectivity index (χ4v) is 5.01. The van der Waals surface area contributed by atoms with Crippen molar-refractivity contribution in [2.75, 3.05) is 11.9 Å². The molecule has 15 heteroatoms. The number of nitrogens with zero attached hydrogens (tertiary/aromatic N) is 3. The first kappa shape index (κ1) is 23.9. The fraction of sp³-hybridized carbons (Fsp3) is 0.611. The number of phosphoric ester groups is 1. The molecule has 2 aromatic heterocycles. The van der Waals surface area contributed by atoms with E-state index in [4.69, 9.17) is 30.7 Å². The van der Waals surface area contributed by atoms with Crippen LogP contribution in [0.1, 0.15) is 45.8 Å². The summed E-state index contributed by atoms with van der Waals surface area (Å²) in [7, 11) is -4.33. The lowest BCUT2D eigenvalue weighted by atomic mass is 10.1. The maximum atomic E-state index is 12.3. The molecular weight excluding hydrogens is 477 g/mol.